The molecule has 0 fully saturated rings. The Bertz CT molecular complexity index is 887. The fourth-order valence-electron chi connectivity index (χ4n) is 2.49. The van der Waals surface area contributed by atoms with Gasteiger partial charge in [-0.05, 0) is 24.5 Å². The van der Waals surface area contributed by atoms with E-state index in [9.17, 15) is 18.0 Å². The second kappa shape index (κ2) is 6.92. The molecule has 3 rings (SSSR count). The maximum atomic E-state index is 13.2. The van der Waals surface area contributed by atoms with Crippen molar-refractivity contribution in [3.8, 4) is 11.3 Å². The molecule has 0 aliphatic rings. The molecule has 3 aromatic rings. The number of nitrogens with one attached hydrogen (secondary N) is 1. The first-order chi connectivity index (χ1) is 11.9. The van der Waals surface area contributed by atoms with E-state index < -0.39 is 17.3 Å². The number of hydrogen-bond acceptors (Lipinski definition) is 3. The smallest absolute Gasteiger partial charge is 0.285 e. The number of aromatic nitrogens is 4. The Balaban J connectivity index is 1.94. The highest BCUT2D eigenvalue weighted by Gasteiger charge is 2.35. The van der Waals surface area contributed by atoms with E-state index in [1.54, 1.807) is 42.7 Å². The maximum Gasteiger partial charge on any atom is 0.421 e. The predicted octanol–water partition coefficient (Wildman–Crippen LogP) is 3.29. The van der Waals surface area contributed by atoms with E-state index in [-0.39, 0.29) is 12.2 Å². The van der Waals surface area contributed by atoms with Crippen molar-refractivity contribution in [2.45, 2.75) is 25.6 Å². The summed E-state index contributed by atoms with van der Waals surface area (Å²) in [6.07, 6.45) is -0.325. The SMILES string of the molecule is O=c1c(C(F)(F)F)cc(-c2ccccc2)nn1CCCc1cn[nH]c1. The monoisotopic (exact) mass is 348 g/mol. The number of hydrogen-bond donors (Lipinski definition) is 1. The summed E-state index contributed by atoms with van der Waals surface area (Å²) in [4.78, 5) is 12.2. The molecule has 0 saturated carbocycles. The highest BCUT2D eigenvalue weighted by Crippen LogP contribution is 2.28. The summed E-state index contributed by atoms with van der Waals surface area (Å²) in [6, 6.07) is 9.29. The van der Waals surface area contributed by atoms with Crippen molar-refractivity contribution in [2.75, 3.05) is 0 Å². The van der Waals surface area contributed by atoms with E-state index in [1.165, 1.54) is 0 Å². The molecular formula is C17H15F3N4O. The minimum Gasteiger partial charge on any atom is -0.285 e. The van der Waals surface area contributed by atoms with Gasteiger partial charge in [0.05, 0.1) is 11.9 Å². The number of H-pyrrole nitrogens is 1. The zero-order valence-electron chi connectivity index (χ0n) is 13.1. The molecule has 0 saturated heterocycles. The van der Waals surface area contributed by atoms with Gasteiger partial charge in [0.25, 0.3) is 5.56 Å². The van der Waals surface area contributed by atoms with Crippen LogP contribution in [0.25, 0.3) is 11.3 Å². The molecule has 0 atom stereocenters. The Morgan fingerprint density at radius 3 is 2.56 bits per heavy atom. The first-order valence-electron chi connectivity index (χ1n) is 7.67. The third kappa shape index (κ3) is 3.96. The third-order valence-electron chi connectivity index (χ3n) is 3.74. The Morgan fingerprint density at radius 1 is 1.16 bits per heavy atom. The van der Waals surface area contributed by atoms with Gasteiger partial charge in [0.1, 0.15) is 5.56 Å². The molecule has 5 nitrogen and oxygen atoms in total. The Morgan fingerprint density at radius 2 is 1.92 bits per heavy atom. The van der Waals surface area contributed by atoms with Crippen LogP contribution in [0, 0.1) is 0 Å². The summed E-state index contributed by atoms with van der Waals surface area (Å²) in [7, 11) is 0. The van der Waals surface area contributed by atoms with E-state index in [2.05, 4.69) is 15.3 Å². The van der Waals surface area contributed by atoms with Crippen molar-refractivity contribution < 1.29 is 13.2 Å². The van der Waals surface area contributed by atoms with Crippen LogP contribution in [0.5, 0.6) is 0 Å². The third-order valence-corrected chi connectivity index (χ3v) is 3.74. The fraction of sp³-hybridized carbons (Fsp3) is 0.235. The van der Waals surface area contributed by atoms with Crippen molar-refractivity contribution in [3.63, 3.8) is 0 Å². The van der Waals surface area contributed by atoms with Crippen LogP contribution in [0.15, 0.2) is 53.6 Å². The highest BCUT2D eigenvalue weighted by atomic mass is 19.4. The average Bonchev–Trinajstić information content (AvgIpc) is 3.09. The predicted molar refractivity (Wildman–Crippen MR) is 85.8 cm³/mol. The van der Waals surface area contributed by atoms with Crippen molar-refractivity contribution in [1.82, 2.24) is 20.0 Å². The molecule has 1 N–H and O–H groups in total. The minimum atomic E-state index is -4.73. The zero-order valence-corrected chi connectivity index (χ0v) is 13.1. The largest absolute Gasteiger partial charge is 0.421 e. The molecule has 1 aromatic carbocycles. The topological polar surface area (TPSA) is 63.6 Å². The van der Waals surface area contributed by atoms with Gasteiger partial charge in [0.2, 0.25) is 0 Å². The molecular weight excluding hydrogens is 333 g/mol. The standard InChI is InChI=1S/C17H15F3N4O/c18-17(19,20)14-9-15(13-6-2-1-3-7-13)23-24(16(14)25)8-4-5-12-10-21-22-11-12/h1-3,6-7,9-11H,4-5,8H2,(H,21,22). The molecule has 2 heterocycles. The van der Waals surface area contributed by atoms with E-state index >= 15 is 0 Å². The molecule has 0 aliphatic carbocycles. The summed E-state index contributed by atoms with van der Waals surface area (Å²) >= 11 is 0. The van der Waals surface area contributed by atoms with Crippen molar-refractivity contribution in [1.29, 1.82) is 0 Å². The van der Waals surface area contributed by atoms with Crippen molar-refractivity contribution in [2.24, 2.45) is 0 Å². The second-order valence-electron chi connectivity index (χ2n) is 5.55. The van der Waals surface area contributed by atoms with Crippen LogP contribution in [0.1, 0.15) is 17.5 Å². The molecule has 2 aromatic heterocycles. The lowest BCUT2D eigenvalue weighted by Crippen LogP contribution is -2.31. The van der Waals surface area contributed by atoms with Crippen molar-refractivity contribution in [3.05, 3.63) is 70.3 Å². The van der Waals surface area contributed by atoms with Gasteiger partial charge in [-0.3, -0.25) is 9.89 Å². The summed E-state index contributed by atoms with van der Waals surface area (Å²) in [5.74, 6) is 0. The summed E-state index contributed by atoms with van der Waals surface area (Å²) in [5.41, 5.74) is -0.764. The van der Waals surface area contributed by atoms with Gasteiger partial charge in [0.15, 0.2) is 0 Å². The number of alkyl halides is 3. The number of rotatable bonds is 5. The quantitative estimate of drug-likeness (QED) is 0.770. The van der Waals surface area contributed by atoms with Crippen molar-refractivity contribution >= 4 is 0 Å². The lowest BCUT2D eigenvalue weighted by Gasteiger charge is -2.12. The molecule has 0 amide bonds. The molecule has 0 spiro atoms. The van der Waals surface area contributed by atoms with Gasteiger partial charge in [0, 0.05) is 18.3 Å². The Labute approximate surface area is 141 Å². The number of nitrogens with zero attached hydrogens (tertiary/aromatic N) is 3. The minimum absolute atomic E-state index is 0.0910. The first kappa shape index (κ1) is 16.9. The summed E-state index contributed by atoms with van der Waals surface area (Å²) in [6.45, 7) is 0.0910. The van der Waals surface area contributed by atoms with Crippen LogP contribution < -0.4 is 5.56 Å². The molecule has 0 aliphatic heterocycles. The molecule has 0 radical (unpaired) electrons. The molecule has 25 heavy (non-hydrogen) atoms. The van der Waals surface area contributed by atoms with Crippen LogP contribution in [0.4, 0.5) is 13.2 Å². The molecule has 8 heteroatoms. The first-order valence-corrected chi connectivity index (χ1v) is 7.67. The van der Waals surface area contributed by atoms with E-state index in [0.29, 0.717) is 18.4 Å². The van der Waals surface area contributed by atoms with Crippen LogP contribution in [-0.4, -0.2) is 20.0 Å². The molecule has 130 valence electrons. The summed E-state index contributed by atoms with van der Waals surface area (Å²) in [5, 5.41) is 10.6. The zero-order chi connectivity index (χ0) is 17.9. The van der Waals surface area contributed by atoms with Gasteiger partial charge < -0.3 is 0 Å². The van der Waals surface area contributed by atoms with E-state index in [0.717, 1.165) is 16.3 Å². The van der Waals surface area contributed by atoms with Gasteiger partial charge in [-0.1, -0.05) is 30.3 Å². The lowest BCUT2D eigenvalue weighted by atomic mass is 10.1. The number of benzene rings is 1. The fourth-order valence-corrected chi connectivity index (χ4v) is 2.49. The van der Waals surface area contributed by atoms with Gasteiger partial charge >= 0.3 is 6.18 Å². The summed E-state index contributed by atoms with van der Waals surface area (Å²) < 4.78 is 40.5. The maximum absolute atomic E-state index is 13.2. The second-order valence-corrected chi connectivity index (χ2v) is 5.55. The normalized spacial score (nSPS) is 11.6. The van der Waals surface area contributed by atoms with E-state index in [4.69, 9.17) is 0 Å². The Hall–Kier alpha value is -2.90. The number of aryl methyl sites for hydroxylation is 2. The van der Waals surface area contributed by atoms with Gasteiger partial charge in [-0.2, -0.15) is 23.4 Å². The highest BCUT2D eigenvalue weighted by molar-refractivity contribution is 5.59. The van der Waals surface area contributed by atoms with Crippen LogP contribution >= 0.6 is 0 Å². The lowest BCUT2D eigenvalue weighted by molar-refractivity contribution is -0.139. The van der Waals surface area contributed by atoms with Crippen LogP contribution in [0.2, 0.25) is 0 Å². The van der Waals surface area contributed by atoms with Crippen LogP contribution in [0.3, 0.4) is 0 Å². The average molecular weight is 348 g/mol. The number of aromatic amines is 1. The number of halogens is 3. The molecule has 0 unspecified atom stereocenters. The van der Waals surface area contributed by atoms with Gasteiger partial charge in [-0.25, -0.2) is 4.68 Å². The Kier molecular flexibility index (Phi) is 4.69. The van der Waals surface area contributed by atoms with Gasteiger partial charge in [-0.15, -0.1) is 0 Å². The van der Waals surface area contributed by atoms with Crippen LogP contribution in [-0.2, 0) is 19.1 Å². The van der Waals surface area contributed by atoms with E-state index in [1.807, 2.05) is 0 Å². The molecule has 0 bridgehead atoms.